The lowest BCUT2D eigenvalue weighted by Gasteiger charge is -2.01. The molecule has 0 aromatic carbocycles. The first-order valence-electron chi connectivity index (χ1n) is 4.37. The lowest BCUT2D eigenvalue weighted by Crippen LogP contribution is -2.15. The Morgan fingerprint density at radius 1 is 1.50 bits per heavy atom. The lowest BCUT2D eigenvalue weighted by atomic mass is 10.1. The Bertz CT molecular complexity index is 114. The maximum atomic E-state index is 5.43. The number of hydrogen-bond donors (Lipinski definition) is 2. The van der Waals surface area contributed by atoms with Gasteiger partial charge in [0.2, 0.25) is 0 Å². The number of rotatable bonds is 3. The van der Waals surface area contributed by atoms with Crippen molar-refractivity contribution in [2.24, 2.45) is 17.6 Å². The minimum absolute atomic E-state index is 0.871. The van der Waals surface area contributed by atoms with Crippen LogP contribution in [-0.2, 0) is 0 Å². The van der Waals surface area contributed by atoms with Gasteiger partial charge in [0.1, 0.15) is 0 Å². The first kappa shape index (κ1) is 6.62. The van der Waals surface area contributed by atoms with Gasteiger partial charge in [-0.1, -0.05) is 0 Å². The molecular weight excluding hydrogens is 124 g/mol. The second-order valence-electron chi connectivity index (χ2n) is 3.53. The molecule has 1 unspecified atom stereocenters. The normalized spacial score (nSPS) is 43.5. The van der Waals surface area contributed by atoms with Gasteiger partial charge in [0, 0.05) is 6.04 Å². The Labute approximate surface area is 62.2 Å². The molecule has 0 aromatic rings. The van der Waals surface area contributed by atoms with E-state index in [2.05, 4.69) is 5.32 Å². The van der Waals surface area contributed by atoms with Crippen LogP contribution in [-0.4, -0.2) is 19.1 Å². The van der Waals surface area contributed by atoms with Crippen LogP contribution in [0.15, 0.2) is 0 Å². The molecule has 0 radical (unpaired) electrons. The summed E-state index contributed by atoms with van der Waals surface area (Å²) in [5, 5.41) is 3.51. The van der Waals surface area contributed by atoms with E-state index in [9.17, 15) is 0 Å². The van der Waals surface area contributed by atoms with Crippen molar-refractivity contribution in [3.63, 3.8) is 0 Å². The van der Waals surface area contributed by atoms with Crippen LogP contribution in [0, 0.1) is 11.8 Å². The van der Waals surface area contributed by atoms with Crippen LogP contribution >= 0.6 is 0 Å². The molecule has 3 atom stereocenters. The molecule has 1 heterocycles. The average molecular weight is 140 g/mol. The first-order chi connectivity index (χ1) is 4.93. The summed E-state index contributed by atoms with van der Waals surface area (Å²) in [5.41, 5.74) is 5.43. The molecule has 1 aliphatic heterocycles. The molecule has 2 fully saturated rings. The maximum absolute atomic E-state index is 5.43. The summed E-state index contributed by atoms with van der Waals surface area (Å²) < 4.78 is 0. The van der Waals surface area contributed by atoms with Gasteiger partial charge in [0.05, 0.1) is 0 Å². The quantitative estimate of drug-likeness (QED) is 0.593. The van der Waals surface area contributed by atoms with Gasteiger partial charge in [0.15, 0.2) is 0 Å². The standard InChI is InChI=1S/C8H16N2/c9-4-1-2-6-7-3-5-10-8(6)7/h6-8,10H,1-5,9H2/t6?,7-,8+/m1/s1. The maximum Gasteiger partial charge on any atom is 0.0130 e. The first-order valence-corrected chi connectivity index (χ1v) is 4.37. The molecule has 2 aliphatic rings. The zero-order chi connectivity index (χ0) is 6.97. The van der Waals surface area contributed by atoms with Crippen LogP contribution in [0.3, 0.4) is 0 Å². The highest BCUT2D eigenvalue weighted by Gasteiger charge is 2.51. The Kier molecular flexibility index (Phi) is 1.66. The van der Waals surface area contributed by atoms with Crippen molar-refractivity contribution in [2.45, 2.75) is 25.3 Å². The monoisotopic (exact) mass is 140 g/mol. The van der Waals surface area contributed by atoms with E-state index in [1.807, 2.05) is 0 Å². The van der Waals surface area contributed by atoms with Crippen LogP contribution in [0.25, 0.3) is 0 Å². The van der Waals surface area contributed by atoms with E-state index in [4.69, 9.17) is 5.73 Å². The summed E-state index contributed by atoms with van der Waals surface area (Å²) in [6, 6.07) is 0.895. The topological polar surface area (TPSA) is 38.0 Å². The van der Waals surface area contributed by atoms with E-state index < -0.39 is 0 Å². The summed E-state index contributed by atoms with van der Waals surface area (Å²) in [6.07, 6.45) is 4.00. The Balaban J connectivity index is 1.69. The molecular formula is C8H16N2. The Morgan fingerprint density at radius 2 is 2.40 bits per heavy atom. The van der Waals surface area contributed by atoms with Crippen LogP contribution in [0.5, 0.6) is 0 Å². The van der Waals surface area contributed by atoms with Crippen LogP contribution in [0.2, 0.25) is 0 Å². The molecule has 0 bridgehead atoms. The van der Waals surface area contributed by atoms with E-state index in [1.54, 1.807) is 0 Å². The third-order valence-electron chi connectivity index (χ3n) is 2.93. The zero-order valence-electron chi connectivity index (χ0n) is 6.34. The van der Waals surface area contributed by atoms with Crippen molar-refractivity contribution in [1.82, 2.24) is 5.32 Å². The summed E-state index contributed by atoms with van der Waals surface area (Å²) in [4.78, 5) is 0. The highest BCUT2D eigenvalue weighted by Crippen LogP contribution is 2.47. The van der Waals surface area contributed by atoms with Crippen LogP contribution < -0.4 is 11.1 Å². The molecule has 10 heavy (non-hydrogen) atoms. The SMILES string of the molecule is NCCCC1[C@H]2CCN[C@@H]12. The molecule has 3 N–H and O–H groups in total. The number of nitrogens with one attached hydrogen (secondary N) is 1. The van der Waals surface area contributed by atoms with Crippen molar-refractivity contribution < 1.29 is 0 Å². The fourth-order valence-corrected chi connectivity index (χ4v) is 2.31. The van der Waals surface area contributed by atoms with Gasteiger partial charge in [0.25, 0.3) is 0 Å². The molecule has 0 aromatic heterocycles. The number of fused-ring (bicyclic) bond motifs is 1. The predicted molar refractivity (Wildman–Crippen MR) is 41.7 cm³/mol. The Hall–Kier alpha value is -0.0800. The average Bonchev–Trinajstić information content (AvgIpc) is 2.46. The van der Waals surface area contributed by atoms with E-state index in [-0.39, 0.29) is 0 Å². The van der Waals surface area contributed by atoms with Gasteiger partial charge in [-0.2, -0.15) is 0 Å². The third kappa shape index (κ3) is 0.956. The molecule has 2 heteroatoms. The Morgan fingerprint density at radius 3 is 3.00 bits per heavy atom. The second-order valence-corrected chi connectivity index (χ2v) is 3.53. The molecule has 1 saturated carbocycles. The van der Waals surface area contributed by atoms with Gasteiger partial charge in [-0.05, 0) is 44.2 Å². The zero-order valence-corrected chi connectivity index (χ0v) is 6.34. The summed E-state index contributed by atoms with van der Waals surface area (Å²) >= 11 is 0. The smallest absolute Gasteiger partial charge is 0.0130 e. The molecule has 0 amide bonds. The number of nitrogens with two attached hydrogens (primary N) is 1. The third-order valence-corrected chi connectivity index (χ3v) is 2.93. The van der Waals surface area contributed by atoms with Crippen molar-refractivity contribution in [3.05, 3.63) is 0 Å². The molecule has 2 nitrogen and oxygen atoms in total. The minimum Gasteiger partial charge on any atom is -0.330 e. The van der Waals surface area contributed by atoms with Crippen molar-refractivity contribution in [1.29, 1.82) is 0 Å². The van der Waals surface area contributed by atoms with Crippen molar-refractivity contribution in [2.75, 3.05) is 13.1 Å². The lowest BCUT2D eigenvalue weighted by molar-refractivity contribution is 0.547. The highest BCUT2D eigenvalue weighted by molar-refractivity contribution is 5.06. The molecule has 0 spiro atoms. The van der Waals surface area contributed by atoms with Gasteiger partial charge in [-0.3, -0.25) is 0 Å². The summed E-state index contributed by atoms with van der Waals surface area (Å²) in [5.74, 6) is 2.03. The largest absolute Gasteiger partial charge is 0.330 e. The van der Waals surface area contributed by atoms with Crippen LogP contribution in [0.4, 0.5) is 0 Å². The predicted octanol–water partition coefficient (Wildman–Crippen LogP) is 0.333. The fourth-order valence-electron chi connectivity index (χ4n) is 2.31. The second kappa shape index (κ2) is 2.51. The van der Waals surface area contributed by atoms with Gasteiger partial charge < -0.3 is 11.1 Å². The molecule has 1 saturated heterocycles. The van der Waals surface area contributed by atoms with E-state index in [1.165, 1.54) is 25.8 Å². The highest BCUT2D eigenvalue weighted by atomic mass is 15.0. The minimum atomic E-state index is 0.871. The summed E-state index contributed by atoms with van der Waals surface area (Å²) in [6.45, 7) is 2.13. The van der Waals surface area contributed by atoms with E-state index >= 15 is 0 Å². The fraction of sp³-hybridized carbons (Fsp3) is 1.00. The van der Waals surface area contributed by atoms with Gasteiger partial charge in [-0.15, -0.1) is 0 Å². The van der Waals surface area contributed by atoms with Gasteiger partial charge in [-0.25, -0.2) is 0 Å². The molecule has 58 valence electrons. The van der Waals surface area contributed by atoms with Gasteiger partial charge >= 0.3 is 0 Å². The number of piperidine rings is 1. The number of hydrogen-bond acceptors (Lipinski definition) is 2. The van der Waals surface area contributed by atoms with E-state index in [0.717, 1.165) is 24.4 Å². The van der Waals surface area contributed by atoms with Crippen molar-refractivity contribution >= 4 is 0 Å². The summed E-state index contributed by atoms with van der Waals surface area (Å²) in [7, 11) is 0. The molecule has 1 aliphatic carbocycles. The van der Waals surface area contributed by atoms with Crippen LogP contribution in [0.1, 0.15) is 19.3 Å². The van der Waals surface area contributed by atoms with E-state index in [0.29, 0.717) is 0 Å². The van der Waals surface area contributed by atoms with Crippen molar-refractivity contribution in [3.8, 4) is 0 Å². The molecule has 2 rings (SSSR count).